The van der Waals surface area contributed by atoms with Crippen molar-refractivity contribution in [2.75, 3.05) is 11.6 Å². The molecule has 0 bridgehead atoms. The van der Waals surface area contributed by atoms with Gasteiger partial charge < -0.3 is 9.88 Å². The van der Waals surface area contributed by atoms with Gasteiger partial charge in [-0.25, -0.2) is 4.98 Å². The lowest BCUT2D eigenvalue weighted by molar-refractivity contribution is 0.311. The number of aromatic nitrogens is 2. The molecule has 2 aromatic heterocycles. The SMILES string of the molecule is Cn1cc(Br)cc(Nc2ccc(COS(C)(=O)=O)cn2)c1=O. The minimum absolute atomic E-state index is 0.0786. The van der Waals surface area contributed by atoms with Crippen molar-refractivity contribution in [3.63, 3.8) is 0 Å². The Kier molecular flexibility index (Phi) is 4.99. The van der Waals surface area contributed by atoms with Gasteiger partial charge in [0.1, 0.15) is 11.5 Å². The van der Waals surface area contributed by atoms with Crippen LogP contribution in [0.25, 0.3) is 0 Å². The third-order valence-corrected chi connectivity index (χ3v) is 3.66. The van der Waals surface area contributed by atoms with E-state index in [9.17, 15) is 13.2 Å². The van der Waals surface area contributed by atoms with Crippen LogP contribution in [0.4, 0.5) is 11.5 Å². The molecule has 1 N–H and O–H groups in total. The molecule has 0 atom stereocenters. The fourth-order valence-corrected chi connectivity index (χ4v) is 2.54. The zero-order valence-corrected chi connectivity index (χ0v) is 14.3. The molecular weight excluding hydrogens is 374 g/mol. The molecule has 9 heteroatoms. The Labute approximate surface area is 136 Å². The second-order valence-corrected chi connectivity index (χ2v) is 7.19. The predicted octanol–water partition coefficient (Wildman–Crippen LogP) is 1.76. The molecule has 0 amide bonds. The Hall–Kier alpha value is -1.71. The Morgan fingerprint density at radius 3 is 2.73 bits per heavy atom. The highest BCUT2D eigenvalue weighted by Gasteiger charge is 2.06. The van der Waals surface area contributed by atoms with E-state index in [-0.39, 0.29) is 12.2 Å². The maximum absolute atomic E-state index is 12.0. The van der Waals surface area contributed by atoms with E-state index < -0.39 is 10.1 Å². The summed E-state index contributed by atoms with van der Waals surface area (Å²) >= 11 is 3.32. The first kappa shape index (κ1) is 16.7. The fourth-order valence-electron chi connectivity index (χ4n) is 1.66. The van der Waals surface area contributed by atoms with E-state index in [1.54, 1.807) is 31.4 Å². The van der Waals surface area contributed by atoms with Gasteiger partial charge in [-0.2, -0.15) is 8.42 Å². The van der Waals surface area contributed by atoms with Crippen molar-refractivity contribution in [2.45, 2.75) is 6.61 Å². The molecule has 0 aliphatic heterocycles. The molecule has 2 rings (SSSR count). The Bertz CT molecular complexity index is 831. The molecule has 7 nitrogen and oxygen atoms in total. The third-order valence-electron chi connectivity index (χ3n) is 2.68. The summed E-state index contributed by atoms with van der Waals surface area (Å²) < 4.78 is 28.7. The van der Waals surface area contributed by atoms with Crippen LogP contribution in [0.5, 0.6) is 0 Å². The molecule has 0 radical (unpaired) electrons. The molecule has 2 aromatic rings. The smallest absolute Gasteiger partial charge is 0.274 e. The molecule has 0 spiro atoms. The molecule has 0 aromatic carbocycles. The van der Waals surface area contributed by atoms with Gasteiger partial charge in [0.05, 0.1) is 12.9 Å². The molecule has 0 aliphatic carbocycles. The van der Waals surface area contributed by atoms with E-state index in [0.29, 0.717) is 17.1 Å². The molecule has 0 saturated carbocycles. The van der Waals surface area contributed by atoms with Crippen molar-refractivity contribution in [1.29, 1.82) is 0 Å². The van der Waals surface area contributed by atoms with Crippen LogP contribution in [-0.4, -0.2) is 24.2 Å². The summed E-state index contributed by atoms with van der Waals surface area (Å²) in [4.78, 5) is 16.1. The Morgan fingerprint density at radius 1 is 1.41 bits per heavy atom. The zero-order chi connectivity index (χ0) is 16.3. The Morgan fingerprint density at radius 2 is 2.14 bits per heavy atom. The summed E-state index contributed by atoms with van der Waals surface area (Å²) in [5, 5.41) is 2.92. The van der Waals surface area contributed by atoms with E-state index in [0.717, 1.165) is 10.7 Å². The molecule has 2 heterocycles. The number of pyridine rings is 2. The van der Waals surface area contributed by atoms with Crippen molar-refractivity contribution in [1.82, 2.24) is 9.55 Å². The molecule has 118 valence electrons. The van der Waals surface area contributed by atoms with Crippen LogP contribution < -0.4 is 10.9 Å². The maximum Gasteiger partial charge on any atom is 0.274 e. The van der Waals surface area contributed by atoms with E-state index in [1.165, 1.54) is 10.8 Å². The fraction of sp³-hybridized carbons (Fsp3) is 0.231. The topological polar surface area (TPSA) is 90.3 Å². The van der Waals surface area contributed by atoms with Crippen LogP contribution in [0.3, 0.4) is 0 Å². The first-order chi connectivity index (χ1) is 10.2. The number of rotatable bonds is 5. The van der Waals surface area contributed by atoms with Crippen LogP contribution in [0.15, 0.2) is 39.9 Å². The highest BCUT2D eigenvalue weighted by Crippen LogP contribution is 2.16. The molecule has 0 fully saturated rings. The average molecular weight is 388 g/mol. The highest BCUT2D eigenvalue weighted by atomic mass is 79.9. The lowest BCUT2D eigenvalue weighted by atomic mass is 10.3. The Balaban J connectivity index is 2.14. The van der Waals surface area contributed by atoms with Crippen LogP contribution in [0, 0.1) is 0 Å². The van der Waals surface area contributed by atoms with Crippen molar-refractivity contribution < 1.29 is 12.6 Å². The van der Waals surface area contributed by atoms with Gasteiger partial charge in [-0.05, 0) is 33.6 Å². The van der Waals surface area contributed by atoms with E-state index in [2.05, 4.69) is 30.4 Å². The standard InChI is InChI=1S/C13H14BrN3O4S/c1-17-7-10(14)5-11(13(17)18)16-12-4-3-9(6-15-12)8-21-22(2,19)20/h3-7H,8H2,1-2H3,(H,15,16). The second-order valence-electron chi connectivity index (χ2n) is 4.63. The first-order valence-electron chi connectivity index (χ1n) is 6.17. The minimum atomic E-state index is -3.49. The van der Waals surface area contributed by atoms with Gasteiger partial charge in [0, 0.05) is 23.9 Å². The van der Waals surface area contributed by atoms with Gasteiger partial charge in [0.25, 0.3) is 15.7 Å². The van der Waals surface area contributed by atoms with E-state index >= 15 is 0 Å². The van der Waals surface area contributed by atoms with E-state index in [1.807, 2.05) is 0 Å². The molecule has 0 saturated heterocycles. The lowest BCUT2D eigenvalue weighted by Crippen LogP contribution is -2.19. The van der Waals surface area contributed by atoms with Crippen LogP contribution in [-0.2, 0) is 28.0 Å². The van der Waals surface area contributed by atoms with Gasteiger partial charge in [-0.1, -0.05) is 6.07 Å². The van der Waals surface area contributed by atoms with Crippen LogP contribution in [0.2, 0.25) is 0 Å². The first-order valence-corrected chi connectivity index (χ1v) is 8.78. The predicted molar refractivity (Wildman–Crippen MR) is 86.5 cm³/mol. The highest BCUT2D eigenvalue weighted by molar-refractivity contribution is 9.10. The molecule has 0 unspecified atom stereocenters. The van der Waals surface area contributed by atoms with Gasteiger partial charge in [-0.3, -0.25) is 8.98 Å². The molecule has 0 aliphatic rings. The summed E-state index contributed by atoms with van der Waals surface area (Å²) in [7, 11) is -1.84. The minimum Gasteiger partial charge on any atom is -0.336 e. The van der Waals surface area contributed by atoms with Gasteiger partial charge in [0.15, 0.2) is 0 Å². The van der Waals surface area contributed by atoms with Crippen LogP contribution in [0.1, 0.15) is 5.56 Å². The van der Waals surface area contributed by atoms with E-state index in [4.69, 9.17) is 0 Å². The van der Waals surface area contributed by atoms with Gasteiger partial charge in [-0.15, -0.1) is 0 Å². The van der Waals surface area contributed by atoms with Crippen molar-refractivity contribution in [3.8, 4) is 0 Å². The number of anilines is 2. The summed E-state index contributed by atoms with van der Waals surface area (Å²) in [6.45, 7) is -0.0786. The molecular formula is C13H14BrN3O4S. The average Bonchev–Trinajstić information content (AvgIpc) is 2.42. The summed E-state index contributed by atoms with van der Waals surface area (Å²) in [5.74, 6) is 0.471. The normalized spacial score (nSPS) is 11.4. The largest absolute Gasteiger partial charge is 0.336 e. The quantitative estimate of drug-likeness (QED) is 0.786. The summed E-state index contributed by atoms with van der Waals surface area (Å²) in [6, 6.07) is 4.97. The van der Waals surface area contributed by atoms with Crippen LogP contribution >= 0.6 is 15.9 Å². The zero-order valence-electron chi connectivity index (χ0n) is 11.9. The maximum atomic E-state index is 12.0. The third kappa shape index (κ3) is 4.65. The molecule has 22 heavy (non-hydrogen) atoms. The summed E-state index contributed by atoms with van der Waals surface area (Å²) in [6.07, 6.45) is 4.13. The monoisotopic (exact) mass is 387 g/mol. The lowest BCUT2D eigenvalue weighted by Gasteiger charge is -2.08. The number of aryl methyl sites for hydroxylation is 1. The van der Waals surface area contributed by atoms with Gasteiger partial charge >= 0.3 is 0 Å². The number of nitrogens with one attached hydrogen (secondary N) is 1. The number of hydrogen-bond donors (Lipinski definition) is 1. The van der Waals surface area contributed by atoms with Crippen molar-refractivity contribution in [3.05, 3.63) is 51.0 Å². The van der Waals surface area contributed by atoms with Crippen molar-refractivity contribution in [2.24, 2.45) is 7.05 Å². The van der Waals surface area contributed by atoms with Crippen molar-refractivity contribution >= 4 is 37.6 Å². The number of nitrogens with zero attached hydrogens (tertiary/aromatic N) is 2. The summed E-state index contributed by atoms with van der Waals surface area (Å²) in [5.41, 5.74) is 0.803. The van der Waals surface area contributed by atoms with Gasteiger partial charge in [0.2, 0.25) is 0 Å². The number of hydrogen-bond acceptors (Lipinski definition) is 6. The second kappa shape index (κ2) is 6.59. The number of halogens is 1.